The van der Waals surface area contributed by atoms with E-state index in [1.54, 1.807) is 22.6 Å². The second-order valence-corrected chi connectivity index (χ2v) is 9.06. The predicted molar refractivity (Wildman–Crippen MR) is 94.4 cm³/mol. The maximum Gasteiger partial charge on any atom is 0.246 e. The standard InChI is InChI=1S/C18H25N3O2S/c22-24(23,21-11-4-1-5-12-21)17-9-6-10-19-18(17)20-13-15-7-2-3-8-16(15)14-20/h2-3,6,9-10,15-16H,1,4-5,7-8,11-14H2. The Labute approximate surface area is 144 Å². The second kappa shape index (κ2) is 6.48. The zero-order valence-corrected chi connectivity index (χ0v) is 14.8. The first-order valence-corrected chi connectivity index (χ1v) is 10.5. The molecule has 0 N–H and O–H groups in total. The minimum absolute atomic E-state index is 0.388. The van der Waals surface area contributed by atoms with Gasteiger partial charge in [0.2, 0.25) is 10.0 Å². The summed E-state index contributed by atoms with van der Waals surface area (Å²) in [5, 5.41) is 0. The Morgan fingerprint density at radius 2 is 1.67 bits per heavy atom. The molecule has 0 saturated carbocycles. The molecule has 3 aliphatic rings. The molecule has 5 nitrogen and oxygen atoms in total. The Hall–Kier alpha value is -1.40. The number of allylic oxidation sites excluding steroid dienone is 2. The van der Waals surface area contributed by atoms with Crippen LogP contribution in [0.1, 0.15) is 32.1 Å². The van der Waals surface area contributed by atoms with Crippen LogP contribution in [0, 0.1) is 11.8 Å². The molecule has 0 radical (unpaired) electrons. The molecule has 24 heavy (non-hydrogen) atoms. The maximum absolute atomic E-state index is 13.1. The molecule has 0 aromatic carbocycles. The number of rotatable bonds is 3. The lowest BCUT2D eigenvalue weighted by Gasteiger charge is -2.28. The Morgan fingerprint density at radius 1 is 1.00 bits per heavy atom. The molecule has 1 aliphatic carbocycles. The van der Waals surface area contributed by atoms with E-state index in [0.717, 1.165) is 45.2 Å². The maximum atomic E-state index is 13.1. The number of piperidine rings is 1. The number of sulfonamides is 1. The third-order valence-electron chi connectivity index (χ3n) is 5.60. The minimum atomic E-state index is -3.45. The molecule has 0 spiro atoms. The van der Waals surface area contributed by atoms with Crippen molar-refractivity contribution in [3.63, 3.8) is 0 Å². The van der Waals surface area contributed by atoms with Gasteiger partial charge in [0, 0.05) is 32.4 Å². The summed E-state index contributed by atoms with van der Waals surface area (Å²) in [5.74, 6) is 1.91. The van der Waals surface area contributed by atoms with Crippen LogP contribution in [0.2, 0.25) is 0 Å². The highest BCUT2D eigenvalue weighted by Gasteiger charge is 2.37. The summed E-state index contributed by atoms with van der Waals surface area (Å²) in [5.41, 5.74) is 0. The number of aromatic nitrogens is 1. The van der Waals surface area contributed by atoms with E-state index in [9.17, 15) is 8.42 Å². The summed E-state index contributed by atoms with van der Waals surface area (Å²) in [4.78, 5) is 7.06. The molecule has 2 saturated heterocycles. The monoisotopic (exact) mass is 347 g/mol. The SMILES string of the molecule is O=S(=O)(c1cccnc1N1CC2CC=CCC2C1)N1CCCCC1. The third-order valence-corrected chi connectivity index (χ3v) is 7.52. The number of hydrogen-bond acceptors (Lipinski definition) is 4. The van der Waals surface area contributed by atoms with E-state index in [1.165, 1.54) is 0 Å². The Bertz CT molecular complexity index is 710. The lowest BCUT2D eigenvalue weighted by molar-refractivity contribution is 0.346. The molecule has 4 rings (SSSR count). The zero-order valence-electron chi connectivity index (χ0n) is 14.0. The van der Waals surface area contributed by atoms with Crippen LogP contribution in [0.25, 0.3) is 0 Å². The zero-order chi connectivity index (χ0) is 16.6. The topological polar surface area (TPSA) is 53.5 Å². The van der Waals surface area contributed by atoms with Crippen molar-refractivity contribution in [1.29, 1.82) is 0 Å². The van der Waals surface area contributed by atoms with Gasteiger partial charge in [-0.3, -0.25) is 0 Å². The minimum Gasteiger partial charge on any atom is -0.355 e. The Kier molecular flexibility index (Phi) is 4.35. The molecule has 1 aromatic rings. The molecule has 130 valence electrons. The first-order valence-electron chi connectivity index (χ1n) is 9.01. The van der Waals surface area contributed by atoms with Crippen molar-refractivity contribution in [1.82, 2.24) is 9.29 Å². The molecule has 2 fully saturated rings. The molecular weight excluding hydrogens is 322 g/mol. The number of fused-ring (bicyclic) bond motifs is 1. The summed E-state index contributed by atoms with van der Waals surface area (Å²) in [6.07, 6.45) is 11.5. The average molecular weight is 347 g/mol. The Balaban J connectivity index is 1.64. The van der Waals surface area contributed by atoms with Crippen molar-refractivity contribution < 1.29 is 8.42 Å². The fraction of sp³-hybridized carbons (Fsp3) is 0.611. The van der Waals surface area contributed by atoms with Crippen LogP contribution < -0.4 is 4.90 Å². The quantitative estimate of drug-likeness (QED) is 0.789. The molecule has 0 bridgehead atoms. The van der Waals surface area contributed by atoms with E-state index in [1.807, 2.05) is 0 Å². The van der Waals surface area contributed by atoms with E-state index in [0.29, 0.717) is 35.6 Å². The van der Waals surface area contributed by atoms with Crippen LogP contribution in [-0.2, 0) is 10.0 Å². The first kappa shape index (κ1) is 16.1. The van der Waals surface area contributed by atoms with Crippen LogP contribution in [-0.4, -0.2) is 43.9 Å². The predicted octanol–water partition coefficient (Wildman–Crippen LogP) is 2.66. The van der Waals surface area contributed by atoms with Gasteiger partial charge in [-0.15, -0.1) is 0 Å². The average Bonchev–Trinajstić information content (AvgIpc) is 3.06. The van der Waals surface area contributed by atoms with Crippen molar-refractivity contribution in [3.05, 3.63) is 30.5 Å². The van der Waals surface area contributed by atoms with Gasteiger partial charge in [0.25, 0.3) is 0 Å². The highest BCUT2D eigenvalue weighted by Crippen LogP contribution is 2.37. The van der Waals surface area contributed by atoms with Crippen molar-refractivity contribution >= 4 is 15.8 Å². The summed E-state index contributed by atoms with van der Waals surface area (Å²) < 4.78 is 27.9. The van der Waals surface area contributed by atoms with Crippen LogP contribution >= 0.6 is 0 Å². The van der Waals surface area contributed by atoms with Crippen LogP contribution in [0.5, 0.6) is 0 Å². The molecule has 2 atom stereocenters. The molecule has 0 amide bonds. The smallest absolute Gasteiger partial charge is 0.246 e. The summed E-state index contributed by atoms with van der Waals surface area (Å²) in [7, 11) is -3.45. The number of anilines is 1. The summed E-state index contributed by atoms with van der Waals surface area (Å²) in [6, 6.07) is 3.47. The highest BCUT2D eigenvalue weighted by molar-refractivity contribution is 7.89. The van der Waals surface area contributed by atoms with E-state index in [4.69, 9.17) is 0 Å². The summed E-state index contributed by atoms with van der Waals surface area (Å²) >= 11 is 0. The van der Waals surface area contributed by atoms with Gasteiger partial charge in [0.05, 0.1) is 0 Å². The number of pyridine rings is 1. The number of hydrogen-bond donors (Lipinski definition) is 0. The van der Waals surface area contributed by atoms with Crippen LogP contribution in [0.3, 0.4) is 0 Å². The first-order chi connectivity index (χ1) is 11.7. The van der Waals surface area contributed by atoms with E-state index in [2.05, 4.69) is 22.0 Å². The van der Waals surface area contributed by atoms with Gasteiger partial charge >= 0.3 is 0 Å². The third kappa shape index (κ3) is 2.86. The normalized spacial score (nSPS) is 28.1. The molecule has 6 heteroatoms. The van der Waals surface area contributed by atoms with Gasteiger partial charge in [-0.1, -0.05) is 18.6 Å². The van der Waals surface area contributed by atoms with Crippen molar-refractivity contribution in [2.75, 3.05) is 31.1 Å². The Morgan fingerprint density at radius 3 is 2.33 bits per heavy atom. The largest absolute Gasteiger partial charge is 0.355 e. The van der Waals surface area contributed by atoms with E-state index in [-0.39, 0.29) is 0 Å². The molecule has 3 heterocycles. The highest BCUT2D eigenvalue weighted by atomic mass is 32.2. The van der Waals surface area contributed by atoms with Crippen LogP contribution in [0.4, 0.5) is 5.82 Å². The van der Waals surface area contributed by atoms with E-state index >= 15 is 0 Å². The summed E-state index contributed by atoms with van der Waals surface area (Å²) in [6.45, 7) is 3.08. The molecule has 2 aliphatic heterocycles. The lowest BCUT2D eigenvalue weighted by Crippen LogP contribution is -2.36. The van der Waals surface area contributed by atoms with E-state index < -0.39 is 10.0 Å². The fourth-order valence-electron chi connectivity index (χ4n) is 4.25. The second-order valence-electron chi connectivity index (χ2n) is 7.16. The molecule has 2 unspecified atom stereocenters. The van der Waals surface area contributed by atoms with Gasteiger partial charge in [0.15, 0.2) is 0 Å². The number of nitrogens with zero attached hydrogens (tertiary/aromatic N) is 3. The van der Waals surface area contributed by atoms with Gasteiger partial charge in [-0.05, 0) is 49.7 Å². The lowest BCUT2D eigenvalue weighted by atomic mass is 9.86. The van der Waals surface area contributed by atoms with Gasteiger partial charge < -0.3 is 4.90 Å². The van der Waals surface area contributed by atoms with Crippen molar-refractivity contribution in [3.8, 4) is 0 Å². The molecular formula is C18H25N3O2S. The van der Waals surface area contributed by atoms with Crippen LogP contribution in [0.15, 0.2) is 35.4 Å². The fourth-order valence-corrected chi connectivity index (χ4v) is 5.93. The van der Waals surface area contributed by atoms with Crippen molar-refractivity contribution in [2.24, 2.45) is 11.8 Å². The van der Waals surface area contributed by atoms with Gasteiger partial charge in [-0.25, -0.2) is 13.4 Å². The van der Waals surface area contributed by atoms with Gasteiger partial charge in [-0.2, -0.15) is 4.31 Å². The van der Waals surface area contributed by atoms with Crippen molar-refractivity contribution in [2.45, 2.75) is 37.0 Å². The molecule has 1 aromatic heterocycles. The van der Waals surface area contributed by atoms with Gasteiger partial charge in [0.1, 0.15) is 10.7 Å².